The summed E-state index contributed by atoms with van der Waals surface area (Å²) >= 11 is 0. The lowest BCUT2D eigenvalue weighted by molar-refractivity contribution is 0.538. The predicted octanol–water partition coefficient (Wildman–Crippen LogP) is 0.764. The highest BCUT2D eigenvalue weighted by atomic mass is 14.9. The molecule has 2 heterocycles. The van der Waals surface area contributed by atoms with Crippen LogP contribution in [0.4, 0.5) is 0 Å². The minimum absolute atomic E-state index is 0.492. The van der Waals surface area contributed by atoms with Crippen molar-refractivity contribution in [3.63, 3.8) is 0 Å². The quantitative estimate of drug-likeness (QED) is 0.438. The van der Waals surface area contributed by atoms with Crippen molar-refractivity contribution in [1.29, 1.82) is 0 Å². The van der Waals surface area contributed by atoms with Crippen molar-refractivity contribution >= 4 is 6.21 Å². The van der Waals surface area contributed by atoms with Crippen LogP contribution in [0.25, 0.3) is 0 Å². The number of piperidine rings is 1. The molecule has 0 aromatic heterocycles. The first kappa shape index (κ1) is 6.10. The molecule has 2 aliphatic rings. The zero-order valence-corrected chi connectivity index (χ0v) is 5.95. The molecule has 0 aliphatic carbocycles. The van der Waals surface area contributed by atoms with Gasteiger partial charge in [0.25, 0.3) is 0 Å². The van der Waals surface area contributed by atoms with Crippen LogP contribution in [-0.4, -0.2) is 25.3 Å². The Morgan fingerprint density at radius 3 is 3.40 bits per heavy atom. The van der Waals surface area contributed by atoms with Crippen molar-refractivity contribution in [3.05, 3.63) is 11.6 Å². The molecule has 0 saturated carbocycles. The Kier molecular flexibility index (Phi) is 1.55. The van der Waals surface area contributed by atoms with E-state index in [0.29, 0.717) is 6.04 Å². The Morgan fingerprint density at radius 1 is 1.50 bits per heavy atom. The average molecular weight is 135 g/mol. The fraction of sp³-hybridized carbons (Fsp3) is 0.625. The number of hydrogen-bond acceptors (Lipinski definition) is 1. The zero-order chi connectivity index (χ0) is 6.81. The number of allylic oxidation sites excluding steroid dienone is 1. The Labute approximate surface area is 61.0 Å². The van der Waals surface area contributed by atoms with Crippen LogP contribution in [-0.2, 0) is 0 Å². The lowest BCUT2D eigenvalue weighted by Gasteiger charge is -2.23. The van der Waals surface area contributed by atoms with Crippen molar-refractivity contribution < 1.29 is 0 Å². The molecule has 1 fully saturated rings. The summed E-state index contributed by atoms with van der Waals surface area (Å²) in [6, 6.07) is 0.492. The lowest BCUT2D eigenvalue weighted by atomic mass is 9.98. The molecule has 53 valence electrons. The van der Waals surface area contributed by atoms with E-state index in [2.05, 4.69) is 16.4 Å². The molecule has 0 N–H and O–H groups in total. The van der Waals surface area contributed by atoms with Crippen LogP contribution in [0.3, 0.4) is 0 Å². The van der Waals surface area contributed by atoms with Crippen LogP contribution in [0, 0.1) is 0 Å². The summed E-state index contributed by atoms with van der Waals surface area (Å²) in [6.07, 6.45) is 6.42. The monoisotopic (exact) mass is 135 g/mol. The van der Waals surface area contributed by atoms with E-state index in [-0.39, 0.29) is 0 Å². The zero-order valence-electron chi connectivity index (χ0n) is 5.95. The van der Waals surface area contributed by atoms with Crippen LogP contribution >= 0.6 is 0 Å². The van der Waals surface area contributed by atoms with Gasteiger partial charge in [-0.3, -0.25) is 4.99 Å². The molecule has 0 bridgehead atoms. The Hall–Kier alpha value is -0.630. The van der Waals surface area contributed by atoms with Crippen molar-refractivity contribution in [2.75, 3.05) is 13.1 Å². The fourth-order valence-electron chi connectivity index (χ4n) is 1.48. The summed E-state index contributed by atoms with van der Waals surface area (Å²) < 4.78 is 0. The second-order valence-corrected chi connectivity index (χ2v) is 2.76. The fourth-order valence-corrected chi connectivity index (χ4v) is 1.48. The van der Waals surface area contributed by atoms with Gasteiger partial charge >= 0.3 is 0 Å². The minimum Gasteiger partial charge on any atom is -0.289 e. The third-order valence-corrected chi connectivity index (χ3v) is 2.05. The maximum absolute atomic E-state index is 4.40. The first-order chi connectivity index (χ1) is 4.97. The molecule has 2 nitrogen and oxygen atoms in total. The van der Waals surface area contributed by atoms with Crippen LogP contribution in [0.1, 0.15) is 12.8 Å². The number of nitrogens with zero attached hydrogens (tertiary/aromatic N) is 2. The van der Waals surface area contributed by atoms with Crippen molar-refractivity contribution in [3.8, 4) is 0 Å². The van der Waals surface area contributed by atoms with E-state index in [1.807, 2.05) is 6.21 Å². The highest BCUT2D eigenvalue weighted by molar-refractivity contribution is 5.62. The van der Waals surface area contributed by atoms with Crippen molar-refractivity contribution in [2.45, 2.75) is 18.9 Å². The maximum atomic E-state index is 4.40. The van der Waals surface area contributed by atoms with Gasteiger partial charge in [0.2, 0.25) is 0 Å². The van der Waals surface area contributed by atoms with Gasteiger partial charge in [-0.25, -0.2) is 5.32 Å². The van der Waals surface area contributed by atoms with Gasteiger partial charge in [0.05, 0.1) is 6.04 Å². The molecule has 0 aromatic carbocycles. The average Bonchev–Trinajstić information content (AvgIpc) is 2.05. The normalized spacial score (nSPS) is 31.2. The number of aliphatic imine (C=N–C) groups is 1. The molecule has 0 spiro atoms. The molecule has 2 aliphatic heterocycles. The highest BCUT2D eigenvalue weighted by Gasteiger charge is 2.18. The van der Waals surface area contributed by atoms with Gasteiger partial charge in [0, 0.05) is 25.7 Å². The second kappa shape index (κ2) is 2.54. The van der Waals surface area contributed by atoms with Crippen molar-refractivity contribution in [2.24, 2.45) is 4.99 Å². The van der Waals surface area contributed by atoms with Gasteiger partial charge in [-0.2, -0.15) is 0 Å². The Bertz CT molecular complexity index is 182. The van der Waals surface area contributed by atoms with E-state index in [4.69, 9.17) is 0 Å². The van der Waals surface area contributed by atoms with Crippen LogP contribution < -0.4 is 5.32 Å². The smallest absolute Gasteiger partial charge is 0.0731 e. The number of dihydropyridines is 1. The van der Waals surface area contributed by atoms with Crippen LogP contribution in [0.2, 0.25) is 0 Å². The van der Waals surface area contributed by atoms with Gasteiger partial charge in [0.15, 0.2) is 0 Å². The highest BCUT2D eigenvalue weighted by Crippen LogP contribution is 2.17. The third-order valence-electron chi connectivity index (χ3n) is 2.05. The van der Waals surface area contributed by atoms with E-state index in [0.717, 1.165) is 25.9 Å². The van der Waals surface area contributed by atoms with Gasteiger partial charge in [0.1, 0.15) is 0 Å². The van der Waals surface area contributed by atoms with E-state index in [1.165, 1.54) is 5.57 Å². The van der Waals surface area contributed by atoms with Gasteiger partial charge in [-0.05, 0) is 12.0 Å². The topological polar surface area (TPSA) is 26.5 Å². The Balaban J connectivity index is 2.13. The largest absolute Gasteiger partial charge is 0.289 e. The molecule has 10 heavy (non-hydrogen) atoms. The van der Waals surface area contributed by atoms with E-state index < -0.39 is 0 Å². The number of fused-ring (bicyclic) bond motifs is 1. The van der Waals surface area contributed by atoms with Crippen molar-refractivity contribution in [1.82, 2.24) is 5.32 Å². The number of rotatable bonds is 0. The summed E-state index contributed by atoms with van der Waals surface area (Å²) in [6.45, 7) is 1.93. The summed E-state index contributed by atoms with van der Waals surface area (Å²) in [7, 11) is 0. The molecule has 2 rings (SSSR count). The summed E-state index contributed by atoms with van der Waals surface area (Å²) in [5, 5.41) is 4.32. The molecule has 1 radical (unpaired) electrons. The summed E-state index contributed by atoms with van der Waals surface area (Å²) in [5.74, 6) is 0. The van der Waals surface area contributed by atoms with E-state index in [9.17, 15) is 0 Å². The van der Waals surface area contributed by atoms with E-state index >= 15 is 0 Å². The molecule has 0 aromatic rings. The van der Waals surface area contributed by atoms with Crippen LogP contribution in [0.5, 0.6) is 0 Å². The second-order valence-electron chi connectivity index (χ2n) is 2.76. The standard InChI is InChI=1S/C8H11N2/c1-2-7-6-9-5-3-8(7)10-4-1/h2,4,8H,1,3,5-6H2. The molecular weight excluding hydrogens is 124 g/mol. The SMILES string of the molecule is C1=NC2CC[N]CC2=CC1. The predicted molar refractivity (Wildman–Crippen MR) is 41.5 cm³/mol. The molecule has 2 heteroatoms. The maximum Gasteiger partial charge on any atom is 0.0731 e. The third kappa shape index (κ3) is 0.991. The first-order valence-electron chi connectivity index (χ1n) is 3.80. The van der Waals surface area contributed by atoms with Gasteiger partial charge in [-0.15, -0.1) is 0 Å². The molecule has 1 unspecified atom stereocenters. The van der Waals surface area contributed by atoms with Gasteiger partial charge in [-0.1, -0.05) is 6.08 Å². The molecule has 1 saturated heterocycles. The summed E-state index contributed by atoms with van der Waals surface area (Å²) in [4.78, 5) is 4.40. The molecular formula is C8H11N2. The Morgan fingerprint density at radius 2 is 2.50 bits per heavy atom. The lowest BCUT2D eigenvalue weighted by Crippen LogP contribution is -2.29. The molecule has 1 atom stereocenters. The molecule has 0 amide bonds. The van der Waals surface area contributed by atoms with E-state index in [1.54, 1.807) is 0 Å². The minimum atomic E-state index is 0.492. The number of hydrogen-bond donors (Lipinski definition) is 0. The first-order valence-corrected chi connectivity index (χ1v) is 3.80. The van der Waals surface area contributed by atoms with Gasteiger partial charge < -0.3 is 0 Å². The van der Waals surface area contributed by atoms with Crippen LogP contribution in [0.15, 0.2) is 16.6 Å². The summed E-state index contributed by atoms with van der Waals surface area (Å²) in [5.41, 5.74) is 1.44.